The molecular weight excluding hydrogens is 536 g/mol. The SMILES string of the molecule is CC1(C)CC(OC(=O)CCCC(=O)OC2CC(C)(C)N(Cc3ccccc3)C(C)(C)C2)CC(C)(C)N1Cc1ccccc1. The third-order valence-corrected chi connectivity index (χ3v) is 9.56. The average Bonchev–Trinajstić information content (AvgIpc) is 2.89. The molecule has 0 unspecified atom stereocenters. The number of esters is 2. The fourth-order valence-corrected chi connectivity index (χ4v) is 7.87. The summed E-state index contributed by atoms with van der Waals surface area (Å²) in [5, 5.41) is 0. The largest absolute Gasteiger partial charge is 0.462 e. The van der Waals surface area contributed by atoms with Gasteiger partial charge in [-0.2, -0.15) is 0 Å². The number of piperidine rings is 2. The molecule has 0 atom stereocenters. The molecule has 2 aliphatic heterocycles. The minimum Gasteiger partial charge on any atom is -0.462 e. The van der Waals surface area contributed by atoms with Crippen molar-refractivity contribution in [2.24, 2.45) is 0 Å². The molecule has 0 amide bonds. The lowest BCUT2D eigenvalue weighted by atomic mass is 9.77. The third-order valence-electron chi connectivity index (χ3n) is 9.56. The minimum absolute atomic E-state index is 0.120. The molecule has 0 saturated carbocycles. The van der Waals surface area contributed by atoms with Gasteiger partial charge in [0.1, 0.15) is 12.2 Å². The van der Waals surface area contributed by atoms with Crippen molar-refractivity contribution < 1.29 is 19.1 Å². The minimum atomic E-state index is -0.225. The van der Waals surface area contributed by atoms with Crippen LogP contribution in [0.4, 0.5) is 0 Å². The summed E-state index contributed by atoms with van der Waals surface area (Å²) in [5.41, 5.74) is 2.09. The molecule has 0 aliphatic carbocycles. The van der Waals surface area contributed by atoms with E-state index in [4.69, 9.17) is 9.47 Å². The van der Waals surface area contributed by atoms with E-state index in [0.29, 0.717) is 6.42 Å². The Labute approximate surface area is 260 Å². The van der Waals surface area contributed by atoms with E-state index in [-0.39, 0.29) is 59.1 Å². The molecule has 236 valence electrons. The van der Waals surface area contributed by atoms with Gasteiger partial charge in [0.2, 0.25) is 0 Å². The van der Waals surface area contributed by atoms with Gasteiger partial charge in [0, 0.05) is 73.8 Å². The van der Waals surface area contributed by atoms with E-state index in [1.807, 2.05) is 12.1 Å². The summed E-state index contributed by atoms with van der Waals surface area (Å²) in [4.78, 5) is 30.7. The van der Waals surface area contributed by atoms with Gasteiger partial charge < -0.3 is 9.47 Å². The van der Waals surface area contributed by atoms with Crippen LogP contribution >= 0.6 is 0 Å². The van der Waals surface area contributed by atoms with E-state index in [9.17, 15) is 9.59 Å². The van der Waals surface area contributed by atoms with Gasteiger partial charge in [0.05, 0.1) is 0 Å². The molecule has 4 rings (SSSR count). The van der Waals surface area contributed by atoms with Gasteiger partial charge in [-0.1, -0.05) is 60.7 Å². The molecule has 0 radical (unpaired) electrons. The lowest BCUT2D eigenvalue weighted by molar-refractivity contribution is -0.162. The molecule has 2 fully saturated rings. The summed E-state index contributed by atoms with van der Waals surface area (Å²) in [6.07, 6.45) is 3.76. The van der Waals surface area contributed by atoms with Gasteiger partial charge in [0.25, 0.3) is 0 Å². The normalized spacial score (nSPS) is 22.1. The second-order valence-corrected chi connectivity index (χ2v) is 15.3. The first-order valence-corrected chi connectivity index (χ1v) is 16.1. The number of nitrogens with zero attached hydrogens (tertiary/aromatic N) is 2. The Morgan fingerprint density at radius 3 is 1.19 bits per heavy atom. The number of ether oxygens (including phenoxy) is 2. The molecule has 43 heavy (non-hydrogen) atoms. The zero-order chi connectivity index (χ0) is 31.5. The molecule has 6 nitrogen and oxygen atoms in total. The number of rotatable bonds is 10. The molecule has 2 saturated heterocycles. The van der Waals surface area contributed by atoms with Gasteiger partial charge >= 0.3 is 11.9 Å². The van der Waals surface area contributed by atoms with E-state index in [2.05, 4.69) is 114 Å². The first-order valence-electron chi connectivity index (χ1n) is 16.1. The van der Waals surface area contributed by atoms with Crippen LogP contribution in [0, 0.1) is 0 Å². The van der Waals surface area contributed by atoms with E-state index < -0.39 is 0 Å². The van der Waals surface area contributed by atoms with Crippen LogP contribution in [-0.2, 0) is 32.2 Å². The highest BCUT2D eigenvalue weighted by Gasteiger charge is 2.47. The van der Waals surface area contributed by atoms with E-state index in [1.165, 1.54) is 11.1 Å². The zero-order valence-corrected chi connectivity index (χ0v) is 27.8. The average molecular weight is 591 g/mol. The van der Waals surface area contributed by atoms with Crippen molar-refractivity contribution in [3.63, 3.8) is 0 Å². The first kappa shape index (κ1) is 33.2. The molecular formula is C37H54N2O4. The highest BCUT2D eigenvalue weighted by molar-refractivity contribution is 5.72. The highest BCUT2D eigenvalue weighted by atomic mass is 16.5. The Kier molecular flexibility index (Phi) is 10.1. The van der Waals surface area contributed by atoms with Crippen LogP contribution < -0.4 is 0 Å². The Morgan fingerprint density at radius 1 is 0.581 bits per heavy atom. The smallest absolute Gasteiger partial charge is 0.306 e. The number of hydrogen-bond acceptors (Lipinski definition) is 6. The summed E-state index contributed by atoms with van der Waals surface area (Å²) >= 11 is 0. The maximum atomic E-state index is 12.8. The molecule has 0 aromatic heterocycles. The molecule has 0 spiro atoms. The topological polar surface area (TPSA) is 59.1 Å². The van der Waals surface area contributed by atoms with Crippen LogP contribution in [0.3, 0.4) is 0 Å². The van der Waals surface area contributed by atoms with Crippen molar-refractivity contribution in [3.05, 3.63) is 71.8 Å². The molecule has 2 aliphatic rings. The van der Waals surface area contributed by atoms with Crippen LogP contribution in [0.2, 0.25) is 0 Å². The quantitative estimate of drug-likeness (QED) is 0.265. The summed E-state index contributed by atoms with van der Waals surface area (Å²) in [6.45, 7) is 19.6. The summed E-state index contributed by atoms with van der Waals surface area (Å²) < 4.78 is 12.0. The number of likely N-dealkylation sites (tertiary alicyclic amines) is 2. The first-order chi connectivity index (χ1) is 20.1. The van der Waals surface area contributed by atoms with Crippen molar-refractivity contribution in [3.8, 4) is 0 Å². The summed E-state index contributed by atoms with van der Waals surface area (Å²) in [7, 11) is 0. The zero-order valence-electron chi connectivity index (χ0n) is 27.8. The fourth-order valence-electron chi connectivity index (χ4n) is 7.87. The van der Waals surface area contributed by atoms with Crippen LogP contribution in [0.25, 0.3) is 0 Å². The number of carbonyl (C=O) groups excluding carboxylic acids is 2. The van der Waals surface area contributed by atoms with Crippen LogP contribution in [-0.4, -0.2) is 56.1 Å². The van der Waals surface area contributed by atoms with Gasteiger partial charge in [0.15, 0.2) is 0 Å². The number of hydrogen-bond donors (Lipinski definition) is 0. The van der Waals surface area contributed by atoms with Crippen molar-refractivity contribution in [2.75, 3.05) is 0 Å². The molecule has 2 aromatic carbocycles. The van der Waals surface area contributed by atoms with Gasteiger partial charge in [-0.3, -0.25) is 19.4 Å². The number of carbonyl (C=O) groups is 2. The fraction of sp³-hybridized carbons (Fsp3) is 0.622. The Bertz CT molecular complexity index is 1090. The lowest BCUT2D eigenvalue weighted by Gasteiger charge is -2.55. The van der Waals surface area contributed by atoms with Crippen LogP contribution in [0.5, 0.6) is 0 Å². The number of benzene rings is 2. The second kappa shape index (κ2) is 13.1. The van der Waals surface area contributed by atoms with Gasteiger partial charge in [-0.15, -0.1) is 0 Å². The standard InChI is InChI=1S/C37H54N2O4/c1-34(2)22-30(23-35(3,4)38(34)26-28-16-11-9-12-17-28)42-32(40)20-15-21-33(41)43-31-24-36(5,6)39(37(7,8)25-31)27-29-18-13-10-14-19-29/h9-14,16-19,30-31H,15,20-27H2,1-8H3. The highest BCUT2D eigenvalue weighted by Crippen LogP contribution is 2.42. The predicted octanol–water partition coefficient (Wildman–Crippen LogP) is 7.69. The summed E-state index contributed by atoms with van der Waals surface area (Å²) in [6, 6.07) is 21.1. The summed E-state index contributed by atoms with van der Waals surface area (Å²) in [5.74, 6) is -0.449. The van der Waals surface area contributed by atoms with Crippen LogP contribution in [0.1, 0.15) is 111 Å². The van der Waals surface area contributed by atoms with Gasteiger partial charge in [-0.05, 0) is 72.9 Å². The van der Waals surface area contributed by atoms with Crippen molar-refractivity contribution in [1.82, 2.24) is 9.80 Å². The molecule has 6 heteroatoms. The predicted molar refractivity (Wildman–Crippen MR) is 172 cm³/mol. The van der Waals surface area contributed by atoms with Crippen molar-refractivity contribution in [1.29, 1.82) is 0 Å². The maximum absolute atomic E-state index is 12.8. The molecule has 2 aromatic rings. The van der Waals surface area contributed by atoms with Crippen molar-refractivity contribution in [2.45, 2.75) is 148 Å². The monoisotopic (exact) mass is 590 g/mol. The molecule has 0 N–H and O–H groups in total. The Hall–Kier alpha value is -2.70. The van der Waals surface area contributed by atoms with E-state index in [0.717, 1.165) is 38.8 Å². The van der Waals surface area contributed by atoms with Crippen LogP contribution in [0.15, 0.2) is 60.7 Å². The third kappa shape index (κ3) is 8.69. The lowest BCUT2D eigenvalue weighted by Crippen LogP contribution is -2.61. The van der Waals surface area contributed by atoms with E-state index >= 15 is 0 Å². The second-order valence-electron chi connectivity index (χ2n) is 15.3. The van der Waals surface area contributed by atoms with Gasteiger partial charge in [-0.25, -0.2) is 0 Å². The molecule has 0 bridgehead atoms. The Morgan fingerprint density at radius 2 is 0.884 bits per heavy atom. The maximum Gasteiger partial charge on any atom is 0.306 e. The van der Waals surface area contributed by atoms with Crippen molar-refractivity contribution >= 4 is 11.9 Å². The molecule has 2 heterocycles. The Balaban J connectivity index is 1.23. The van der Waals surface area contributed by atoms with E-state index in [1.54, 1.807) is 0 Å².